The number of hydrogen-bond acceptors (Lipinski definition) is 4. The Balaban J connectivity index is 1.79. The van der Waals surface area contributed by atoms with E-state index in [1.165, 1.54) is 21.4 Å². The van der Waals surface area contributed by atoms with Gasteiger partial charge in [-0.2, -0.15) is 0 Å². The lowest BCUT2D eigenvalue weighted by Crippen LogP contribution is -2.42. The van der Waals surface area contributed by atoms with E-state index in [4.69, 9.17) is 0 Å². The predicted molar refractivity (Wildman–Crippen MR) is 96.4 cm³/mol. The smallest absolute Gasteiger partial charge is 0.309 e. The van der Waals surface area contributed by atoms with Crippen molar-refractivity contribution < 1.29 is 4.39 Å². The van der Waals surface area contributed by atoms with Gasteiger partial charge in [-0.3, -0.25) is 14.2 Å². The Labute approximate surface area is 148 Å². The van der Waals surface area contributed by atoms with Crippen molar-refractivity contribution in [2.24, 2.45) is 0 Å². The fourth-order valence-electron chi connectivity index (χ4n) is 3.15. The molecule has 0 atom stereocenters. The van der Waals surface area contributed by atoms with E-state index >= 15 is 0 Å². The fourth-order valence-corrected chi connectivity index (χ4v) is 3.15. The molecule has 0 aliphatic carbocycles. The van der Waals surface area contributed by atoms with E-state index in [0.29, 0.717) is 19.0 Å². The number of aryl methyl sites for hydroxylation is 1. The van der Waals surface area contributed by atoms with Crippen molar-refractivity contribution in [3.63, 3.8) is 0 Å². The van der Waals surface area contributed by atoms with E-state index in [2.05, 4.69) is 5.10 Å². The van der Waals surface area contributed by atoms with Gasteiger partial charge in [-0.15, -0.1) is 5.10 Å². The van der Waals surface area contributed by atoms with Gasteiger partial charge in [-0.05, 0) is 42.3 Å². The molecule has 1 aromatic heterocycles. The second-order valence-electron chi connectivity index (χ2n) is 6.27. The quantitative estimate of drug-likeness (QED) is 0.677. The highest BCUT2D eigenvalue weighted by molar-refractivity contribution is 5.58. The normalized spacial score (nSPS) is 13.1. The second kappa shape index (κ2) is 6.25. The van der Waals surface area contributed by atoms with Crippen LogP contribution in [0.25, 0.3) is 0 Å². The molecule has 4 rings (SSSR count). The molecule has 2 heterocycles. The van der Waals surface area contributed by atoms with Crippen LogP contribution in [0.4, 0.5) is 16.0 Å². The van der Waals surface area contributed by atoms with Gasteiger partial charge in [-0.25, -0.2) is 9.07 Å². The van der Waals surface area contributed by atoms with Gasteiger partial charge in [0, 0.05) is 18.8 Å². The van der Waals surface area contributed by atoms with Crippen molar-refractivity contribution in [2.75, 3.05) is 11.4 Å². The molecule has 0 spiro atoms. The first-order chi connectivity index (χ1) is 12.5. The summed E-state index contributed by atoms with van der Waals surface area (Å²) in [6.07, 6.45) is 0. The summed E-state index contributed by atoms with van der Waals surface area (Å²) in [5, 5.41) is 4.43. The maximum Gasteiger partial charge on any atom is 0.333 e. The molecule has 0 bridgehead atoms. The van der Waals surface area contributed by atoms with Gasteiger partial charge in [0.15, 0.2) is 0 Å². The molecule has 1 aliphatic rings. The SMILES string of the molecule is Cc1ccccc1Cn1nc2n(c(=O)c1=O)CCN2c1ccc(F)cc1. The molecule has 132 valence electrons. The summed E-state index contributed by atoms with van der Waals surface area (Å²) < 4.78 is 15.8. The van der Waals surface area contributed by atoms with Crippen molar-refractivity contribution in [3.05, 3.63) is 86.2 Å². The minimum absolute atomic E-state index is 0.228. The number of halogens is 1. The molecular weight excluding hydrogens is 335 g/mol. The van der Waals surface area contributed by atoms with Gasteiger partial charge in [0.1, 0.15) is 5.82 Å². The van der Waals surface area contributed by atoms with Crippen LogP contribution < -0.4 is 16.0 Å². The summed E-state index contributed by atoms with van der Waals surface area (Å²) in [6.45, 7) is 3.05. The molecule has 0 unspecified atom stereocenters. The summed E-state index contributed by atoms with van der Waals surface area (Å²) in [6, 6.07) is 13.7. The lowest BCUT2D eigenvalue weighted by atomic mass is 10.1. The number of benzene rings is 2. The largest absolute Gasteiger partial charge is 0.333 e. The Bertz CT molecular complexity index is 1090. The predicted octanol–water partition coefficient (Wildman–Crippen LogP) is 2.05. The van der Waals surface area contributed by atoms with Crippen LogP contribution in [0, 0.1) is 12.7 Å². The summed E-state index contributed by atoms with van der Waals surface area (Å²) in [7, 11) is 0. The van der Waals surface area contributed by atoms with Crippen LogP contribution in [0.15, 0.2) is 58.1 Å². The first kappa shape index (κ1) is 16.3. The zero-order valence-corrected chi connectivity index (χ0v) is 14.2. The highest BCUT2D eigenvalue weighted by Crippen LogP contribution is 2.26. The van der Waals surface area contributed by atoms with Crippen LogP contribution >= 0.6 is 0 Å². The number of rotatable bonds is 3. The van der Waals surface area contributed by atoms with Crippen LogP contribution in [0.3, 0.4) is 0 Å². The summed E-state index contributed by atoms with van der Waals surface area (Å²) in [4.78, 5) is 26.7. The average Bonchev–Trinajstić information content (AvgIpc) is 3.06. The summed E-state index contributed by atoms with van der Waals surface area (Å²) in [5.41, 5.74) is 1.45. The molecule has 3 aromatic rings. The van der Waals surface area contributed by atoms with Gasteiger partial charge in [0.2, 0.25) is 5.95 Å². The molecule has 1 aliphatic heterocycles. The van der Waals surface area contributed by atoms with Crippen molar-refractivity contribution in [1.29, 1.82) is 0 Å². The van der Waals surface area contributed by atoms with Gasteiger partial charge in [0.05, 0.1) is 6.54 Å². The number of nitrogens with zero attached hydrogens (tertiary/aromatic N) is 4. The lowest BCUT2D eigenvalue weighted by Gasteiger charge is -2.18. The lowest BCUT2D eigenvalue weighted by molar-refractivity contribution is 0.590. The average molecular weight is 352 g/mol. The maximum atomic E-state index is 13.2. The zero-order valence-electron chi connectivity index (χ0n) is 14.2. The number of anilines is 2. The molecule has 7 heteroatoms. The first-order valence-electron chi connectivity index (χ1n) is 8.34. The minimum atomic E-state index is -0.641. The monoisotopic (exact) mass is 352 g/mol. The Morgan fingerprint density at radius 3 is 2.46 bits per heavy atom. The van der Waals surface area contributed by atoms with Gasteiger partial charge in [-0.1, -0.05) is 24.3 Å². The van der Waals surface area contributed by atoms with Gasteiger partial charge in [0.25, 0.3) is 0 Å². The van der Waals surface area contributed by atoms with E-state index in [9.17, 15) is 14.0 Å². The van der Waals surface area contributed by atoms with E-state index in [1.54, 1.807) is 12.1 Å². The number of fused-ring (bicyclic) bond motifs is 1. The molecule has 0 N–H and O–H groups in total. The van der Waals surface area contributed by atoms with E-state index in [-0.39, 0.29) is 12.4 Å². The molecule has 0 saturated heterocycles. The van der Waals surface area contributed by atoms with Crippen molar-refractivity contribution in [2.45, 2.75) is 20.0 Å². The zero-order chi connectivity index (χ0) is 18.3. The highest BCUT2D eigenvalue weighted by Gasteiger charge is 2.26. The molecular formula is C19H17FN4O2. The maximum absolute atomic E-state index is 13.2. The van der Waals surface area contributed by atoms with Gasteiger partial charge >= 0.3 is 11.1 Å². The van der Waals surface area contributed by atoms with Gasteiger partial charge < -0.3 is 4.90 Å². The molecule has 2 aromatic carbocycles. The van der Waals surface area contributed by atoms with Crippen molar-refractivity contribution in [1.82, 2.24) is 14.3 Å². The third-order valence-corrected chi connectivity index (χ3v) is 4.62. The molecule has 0 radical (unpaired) electrons. The van der Waals surface area contributed by atoms with E-state index < -0.39 is 11.1 Å². The van der Waals surface area contributed by atoms with Crippen LogP contribution in [0.5, 0.6) is 0 Å². The van der Waals surface area contributed by atoms with Crippen LogP contribution in [0.2, 0.25) is 0 Å². The van der Waals surface area contributed by atoms with Crippen LogP contribution in [-0.4, -0.2) is 20.9 Å². The number of aromatic nitrogens is 3. The van der Waals surface area contributed by atoms with E-state index in [0.717, 1.165) is 16.8 Å². The minimum Gasteiger partial charge on any atom is -0.309 e. The molecule has 0 amide bonds. The topological polar surface area (TPSA) is 60.1 Å². The van der Waals surface area contributed by atoms with Crippen molar-refractivity contribution in [3.8, 4) is 0 Å². The Hall–Kier alpha value is -3.22. The van der Waals surface area contributed by atoms with E-state index in [1.807, 2.05) is 36.1 Å². The molecule has 0 saturated carbocycles. The highest BCUT2D eigenvalue weighted by atomic mass is 19.1. The third kappa shape index (κ3) is 2.71. The molecule has 0 fully saturated rings. The Morgan fingerprint density at radius 2 is 1.73 bits per heavy atom. The fraction of sp³-hybridized carbons (Fsp3) is 0.211. The van der Waals surface area contributed by atoms with Crippen LogP contribution in [-0.2, 0) is 13.1 Å². The molecule has 6 nitrogen and oxygen atoms in total. The van der Waals surface area contributed by atoms with Crippen LogP contribution in [0.1, 0.15) is 11.1 Å². The van der Waals surface area contributed by atoms with Crippen molar-refractivity contribution >= 4 is 11.6 Å². The standard InChI is InChI=1S/C19H17FN4O2/c1-13-4-2-3-5-14(13)12-24-18(26)17(25)23-11-10-22(19(23)21-24)16-8-6-15(20)7-9-16/h2-9H,10-12H2,1H3. The summed E-state index contributed by atoms with van der Waals surface area (Å²) in [5.74, 6) is 0.0672. The third-order valence-electron chi connectivity index (χ3n) is 4.62. The second-order valence-corrected chi connectivity index (χ2v) is 6.27. The Kier molecular flexibility index (Phi) is 3.91. The Morgan fingerprint density at radius 1 is 1.00 bits per heavy atom. The molecule has 26 heavy (non-hydrogen) atoms. The summed E-state index contributed by atoms with van der Waals surface area (Å²) >= 11 is 0. The first-order valence-corrected chi connectivity index (χ1v) is 8.34. The number of hydrogen-bond donors (Lipinski definition) is 0.